The number of hydrogen-bond acceptors (Lipinski definition) is 6. The molecule has 0 fully saturated rings. The summed E-state index contributed by atoms with van der Waals surface area (Å²) in [5.41, 5.74) is 4.38. The Labute approximate surface area is 186 Å². The smallest absolute Gasteiger partial charge is 0.336 e. The van der Waals surface area contributed by atoms with Crippen LogP contribution in [0.1, 0.15) is 41.3 Å². The van der Waals surface area contributed by atoms with E-state index in [4.69, 9.17) is 20.6 Å². The van der Waals surface area contributed by atoms with Crippen LogP contribution in [-0.2, 0) is 9.53 Å². The highest BCUT2D eigenvalue weighted by molar-refractivity contribution is 6.23. The van der Waals surface area contributed by atoms with E-state index < -0.39 is 11.9 Å². The maximum Gasteiger partial charge on any atom is 0.336 e. The molecule has 6 nitrogen and oxygen atoms in total. The SMILES string of the molecule is C#CCOc1ccc([C@@H]2C(C(=O)OC)=C(C)NC3=C2C(=O)c2ccccc23)cc1OCC. The number of esters is 1. The number of rotatable bonds is 6. The number of ether oxygens (including phenoxy) is 3. The average molecular weight is 429 g/mol. The lowest BCUT2D eigenvalue weighted by Crippen LogP contribution is -2.29. The van der Waals surface area contributed by atoms with E-state index in [1.54, 1.807) is 18.2 Å². The molecule has 0 bridgehead atoms. The van der Waals surface area contributed by atoms with Crippen molar-refractivity contribution in [2.24, 2.45) is 0 Å². The van der Waals surface area contributed by atoms with Crippen LogP contribution in [0.25, 0.3) is 5.70 Å². The molecule has 0 saturated heterocycles. The predicted octanol–water partition coefficient (Wildman–Crippen LogP) is 3.84. The zero-order valence-electron chi connectivity index (χ0n) is 18.2. The van der Waals surface area contributed by atoms with Gasteiger partial charge in [0.1, 0.15) is 6.61 Å². The fraction of sp³-hybridized carbons (Fsp3) is 0.231. The number of fused-ring (bicyclic) bond motifs is 2. The summed E-state index contributed by atoms with van der Waals surface area (Å²) in [5, 5.41) is 3.27. The van der Waals surface area contributed by atoms with E-state index in [9.17, 15) is 9.59 Å². The molecular formula is C26H23NO5. The van der Waals surface area contributed by atoms with Gasteiger partial charge in [0.2, 0.25) is 0 Å². The quantitative estimate of drug-likeness (QED) is 0.556. The van der Waals surface area contributed by atoms with Gasteiger partial charge >= 0.3 is 5.97 Å². The van der Waals surface area contributed by atoms with Gasteiger partial charge in [0.15, 0.2) is 17.3 Å². The number of carbonyl (C=O) groups is 2. The van der Waals surface area contributed by atoms with Crippen molar-refractivity contribution in [2.75, 3.05) is 20.3 Å². The molecule has 2 aliphatic rings. The third-order valence-electron chi connectivity index (χ3n) is 5.57. The minimum Gasteiger partial charge on any atom is -0.490 e. The zero-order chi connectivity index (χ0) is 22.8. The Balaban J connectivity index is 1.90. The molecule has 6 heteroatoms. The second-order valence-corrected chi connectivity index (χ2v) is 7.38. The molecule has 32 heavy (non-hydrogen) atoms. The normalized spacial score (nSPS) is 16.7. The lowest BCUT2D eigenvalue weighted by molar-refractivity contribution is -0.136. The summed E-state index contributed by atoms with van der Waals surface area (Å²) in [6.07, 6.45) is 5.32. The van der Waals surface area contributed by atoms with Gasteiger partial charge in [-0.2, -0.15) is 0 Å². The fourth-order valence-corrected chi connectivity index (χ4v) is 4.25. The van der Waals surface area contributed by atoms with Crippen LogP contribution < -0.4 is 14.8 Å². The number of carbonyl (C=O) groups excluding carboxylic acids is 2. The van der Waals surface area contributed by atoms with Gasteiger partial charge in [0.25, 0.3) is 0 Å². The monoisotopic (exact) mass is 429 g/mol. The molecule has 1 atom stereocenters. The molecular weight excluding hydrogens is 406 g/mol. The maximum absolute atomic E-state index is 13.4. The standard InChI is InChI=1S/C26H23NO5/c1-5-13-32-19-12-11-16(14-20(19)31-6-2)22-21(26(29)30-4)15(3)27-24-17-9-7-8-10-18(17)25(28)23(22)24/h1,7-12,14,22,27H,6,13H2,2-4H3/t22-/m1/s1. The van der Waals surface area contributed by atoms with Crippen LogP contribution in [0.3, 0.4) is 0 Å². The first-order valence-corrected chi connectivity index (χ1v) is 10.3. The second kappa shape index (κ2) is 8.64. The van der Waals surface area contributed by atoms with Gasteiger partial charge in [-0.05, 0) is 31.5 Å². The summed E-state index contributed by atoms with van der Waals surface area (Å²) in [6.45, 7) is 4.19. The lowest BCUT2D eigenvalue weighted by Gasteiger charge is -2.29. The molecule has 1 heterocycles. The fourth-order valence-electron chi connectivity index (χ4n) is 4.25. The number of nitrogens with one attached hydrogen (secondary N) is 1. The van der Waals surface area contributed by atoms with Gasteiger partial charge < -0.3 is 19.5 Å². The van der Waals surface area contributed by atoms with Crippen molar-refractivity contribution in [3.63, 3.8) is 0 Å². The summed E-state index contributed by atoms with van der Waals surface area (Å²) in [4.78, 5) is 26.3. The Morgan fingerprint density at radius 1 is 1.12 bits per heavy atom. The largest absolute Gasteiger partial charge is 0.490 e. The van der Waals surface area contributed by atoms with E-state index in [2.05, 4.69) is 11.2 Å². The minimum atomic E-state index is -0.625. The molecule has 2 aromatic rings. The number of hydrogen-bond donors (Lipinski definition) is 1. The first-order valence-electron chi connectivity index (χ1n) is 10.3. The summed E-state index contributed by atoms with van der Waals surface area (Å²) in [6, 6.07) is 12.8. The van der Waals surface area contributed by atoms with Crippen LogP contribution in [0, 0.1) is 12.3 Å². The Bertz CT molecular complexity index is 1210. The Morgan fingerprint density at radius 3 is 2.56 bits per heavy atom. The zero-order valence-corrected chi connectivity index (χ0v) is 18.2. The molecule has 2 aromatic carbocycles. The van der Waals surface area contributed by atoms with E-state index in [1.165, 1.54) is 7.11 Å². The first kappa shape index (κ1) is 21.3. The van der Waals surface area contributed by atoms with Crippen molar-refractivity contribution in [3.05, 3.63) is 76.0 Å². The van der Waals surface area contributed by atoms with Gasteiger partial charge in [0.05, 0.1) is 25.0 Å². The lowest BCUT2D eigenvalue weighted by atomic mass is 9.79. The maximum atomic E-state index is 13.4. The summed E-state index contributed by atoms with van der Waals surface area (Å²) in [7, 11) is 1.33. The van der Waals surface area contributed by atoms with Crippen molar-refractivity contribution in [1.82, 2.24) is 5.32 Å². The highest BCUT2D eigenvalue weighted by Gasteiger charge is 2.43. The molecule has 1 aliphatic heterocycles. The average Bonchev–Trinajstić information content (AvgIpc) is 3.09. The number of Topliss-reactive ketones (excluding diaryl/α,β-unsaturated/α-hetero) is 1. The predicted molar refractivity (Wildman–Crippen MR) is 120 cm³/mol. The van der Waals surface area contributed by atoms with E-state index in [1.807, 2.05) is 38.1 Å². The van der Waals surface area contributed by atoms with Crippen LogP contribution >= 0.6 is 0 Å². The highest BCUT2D eigenvalue weighted by Crippen LogP contribution is 2.47. The van der Waals surface area contributed by atoms with E-state index in [0.29, 0.717) is 46.2 Å². The Hall–Kier alpha value is -3.98. The molecule has 4 rings (SSSR count). The van der Waals surface area contributed by atoms with Crippen molar-refractivity contribution < 1.29 is 23.8 Å². The first-order chi connectivity index (χ1) is 15.5. The molecule has 0 radical (unpaired) electrons. The molecule has 0 spiro atoms. The number of dihydropyridines is 1. The van der Waals surface area contributed by atoms with E-state index >= 15 is 0 Å². The van der Waals surface area contributed by atoms with Crippen LogP contribution in [0.5, 0.6) is 11.5 Å². The molecule has 1 N–H and O–H groups in total. The molecule has 0 amide bonds. The third kappa shape index (κ3) is 3.42. The van der Waals surface area contributed by atoms with Crippen LogP contribution in [0.2, 0.25) is 0 Å². The van der Waals surface area contributed by atoms with Crippen LogP contribution in [-0.4, -0.2) is 32.1 Å². The second-order valence-electron chi connectivity index (χ2n) is 7.38. The van der Waals surface area contributed by atoms with Crippen molar-refractivity contribution >= 4 is 17.4 Å². The van der Waals surface area contributed by atoms with Gasteiger partial charge in [-0.15, -0.1) is 6.42 Å². The number of terminal acetylenes is 1. The van der Waals surface area contributed by atoms with Gasteiger partial charge in [0, 0.05) is 28.3 Å². The molecule has 0 aromatic heterocycles. The van der Waals surface area contributed by atoms with Crippen LogP contribution in [0.4, 0.5) is 0 Å². The highest BCUT2D eigenvalue weighted by atomic mass is 16.5. The van der Waals surface area contributed by atoms with Crippen molar-refractivity contribution in [2.45, 2.75) is 19.8 Å². The van der Waals surface area contributed by atoms with Gasteiger partial charge in [-0.1, -0.05) is 36.3 Å². The number of allylic oxidation sites excluding steroid dienone is 2. The van der Waals surface area contributed by atoms with E-state index in [0.717, 1.165) is 11.1 Å². The molecule has 1 aliphatic carbocycles. The minimum absolute atomic E-state index is 0.0995. The van der Waals surface area contributed by atoms with Crippen molar-refractivity contribution in [3.8, 4) is 23.8 Å². The Kier molecular flexibility index (Phi) is 5.74. The number of methoxy groups -OCH3 is 1. The van der Waals surface area contributed by atoms with Gasteiger partial charge in [-0.3, -0.25) is 4.79 Å². The van der Waals surface area contributed by atoms with Gasteiger partial charge in [-0.25, -0.2) is 4.79 Å². The van der Waals surface area contributed by atoms with E-state index in [-0.39, 0.29) is 12.4 Å². The molecule has 0 unspecified atom stereocenters. The summed E-state index contributed by atoms with van der Waals surface area (Å²) in [5.74, 6) is 2.19. The summed E-state index contributed by atoms with van der Waals surface area (Å²) < 4.78 is 16.5. The molecule has 0 saturated carbocycles. The number of benzene rings is 2. The third-order valence-corrected chi connectivity index (χ3v) is 5.57. The van der Waals surface area contributed by atoms with Crippen LogP contribution in [0.15, 0.2) is 59.3 Å². The topological polar surface area (TPSA) is 73.9 Å². The van der Waals surface area contributed by atoms with Crippen molar-refractivity contribution in [1.29, 1.82) is 0 Å². The summed E-state index contributed by atoms with van der Waals surface area (Å²) >= 11 is 0. The number of ketones is 1. The Morgan fingerprint density at radius 2 is 1.88 bits per heavy atom. The molecule has 162 valence electrons.